The Morgan fingerprint density at radius 3 is 2.56 bits per heavy atom. The fourth-order valence-corrected chi connectivity index (χ4v) is 2.64. The van der Waals surface area contributed by atoms with Crippen LogP contribution >= 0.6 is 11.3 Å². The molecule has 25 heavy (non-hydrogen) atoms. The second-order valence-corrected chi connectivity index (χ2v) is 6.41. The molecule has 0 atom stereocenters. The van der Waals surface area contributed by atoms with E-state index in [0.717, 1.165) is 0 Å². The van der Waals surface area contributed by atoms with E-state index in [4.69, 9.17) is 9.47 Å². The lowest BCUT2D eigenvalue weighted by Gasteiger charge is -2.10. The highest BCUT2D eigenvalue weighted by Crippen LogP contribution is 2.30. The molecule has 0 aliphatic rings. The smallest absolute Gasteiger partial charge is 0.353 e. The van der Waals surface area contributed by atoms with Crippen LogP contribution in [-0.4, -0.2) is 18.9 Å². The van der Waals surface area contributed by atoms with Crippen molar-refractivity contribution in [1.82, 2.24) is 0 Å². The average Bonchev–Trinajstić information content (AvgIpc) is 3.14. The molecular formula is C19H17NO4S. The van der Waals surface area contributed by atoms with Crippen LogP contribution in [0.1, 0.15) is 29.1 Å². The van der Waals surface area contributed by atoms with Crippen molar-refractivity contribution in [2.24, 2.45) is 5.92 Å². The van der Waals surface area contributed by atoms with Crippen LogP contribution < -0.4 is 9.47 Å². The van der Waals surface area contributed by atoms with Crippen LogP contribution in [0.2, 0.25) is 0 Å². The molecule has 1 aromatic heterocycles. The zero-order valence-corrected chi connectivity index (χ0v) is 14.9. The lowest BCUT2D eigenvalue weighted by atomic mass is 10.00. The second kappa shape index (κ2) is 8.27. The standard InChI is InChI=1S/C19H17NO4S/c1-12(2)18(21)14(11-20)9-13-6-7-15(16(10-13)23-3)24-19(22)17-5-4-8-25-17/h4-10,12H,1-3H3/b14-9-. The van der Waals surface area contributed by atoms with Crippen molar-refractivity contribution in [3.05, 3.63) is 51.7 Å². The SMILES string of the molecule is COc1cc(/C=C(/C#N)C(=O)C(C)C)ccc1OC(=O)c1cccs1. The van der Waals surface area contributed by atoms with Crippen LogP contribution in [0.15, 0.2) is 41.3 Å². The number of hydrogen-bond donors (Lipinski definition) is 0. The highest BCUT2D eigenvalue weighted by molar-refractivity contribution is 7.12. The third-order valence-corrected chi connectivity index (χ3v) is 4.18. The summed E-state index contributed by atoms with van der Waals surface area (Å²) in [6, 6.07) is 10.2. The van der Waals surface area contributed by atoms with Crippen molar-refractivity contribution in [3.63, 3.8) is 0 Å². The van der Waals surface area contributed by atoms with Crippen LogP contribution in [0, 0.1) is 17.2 Å². The first-order valence-corrected chi connectivity index (χ1v) is 8.44. The van der Waals surface area contributed by atoms with Crippen molar-refractivity contribution in [2.45, 2.75) is 13.8 Å². The maximum Gasteiger partial charge on any atom is 0.353 e. The number of carbonyl (C=O) groups excluding carboxylic acids is 2. The Morgan fingerprint density at radius 1 is 1.24 bits per heavy atom. The van der Waals surface area contributed by atoms with Crippen LogP contribution in [0.25, 0.3) is 6.08 Å². The van der Waals surface area contributed by atoms with E-state index in [9.17, 15) is 14.9 Å². The largest absolute Gasteiger partial charge is 0.493 e. The molecule has 0 saturated carbocycles. The number of rotatable bonds is 6. The second-order valence-electron chi connectivity index (χ2n) is 5.47. The number of ether oxygens (including phenoxy) is 2. The molecule has 0 fully saturated rings. The first kappa shape index (κ1) is 18.4. The Bertz CT molecular complexity index is 845. The summed E-state index contributed by atoms with van der Waals surface area (Å²) in [5.74, 6) is -0.350. The summed E-state index contributed by atoms with van der Waals surface area (Å²) < 4.78 is 10.6. The van der Waals surface area contributed by atoms with E-state index < -0.39 is 5.97 Å². The van der Waals surface area contributed by atoms with Gasteiger partial charge >= 0.3 is 5.97 Å². The van der Waals surface area contributed by atoms with E-state index in [1.54, 1.807) is 49.6 Å². The molecule has 2 rings (SSSR count). The summed E-state index contributed by atoms with van der Waals surface area (Å²) in [7, 11) is 1.45. The van der Waals surface area contributed by atoms with Crippen molar-refractivity contribution in [3.8, 4) is 17.6 Å². The predicted octanol–water partition coefficient (Wildman–Crippen LogP) is 4.11. The first-order valence-electron chi connectivity index (χ1n) is 7.56. The molecule has 0 spiro atoms. The molecule has 0 radical (unpaired) electrons. The van der Waals surface area contributed by atoms with Gasteiger partial charge < -0.3 is 9.47 Å². The van der Waals surface area contributed by atoms with Crippen molar-refractivity contribution in [1.29, 1.82) is 5.26 Å². The van der Waals surface area contributed by atoms with Gasteiger partial charge in [0, 0.05) is 5.92 Å². The fraction of sp³-hybridized carbons (Fsp3) is 0.211. The maximum absolute atomic E-state index is 12.0. The van der Waals surface area contributed by atoms with Crippen LogP contribution in [-0.2, 0) is 4.79 Å². The maximum atomic E-state index is 12.0. The summed E-state index contributed by atoms with van der Waals surface area (Å²) in [4.78, 5) is 24.5. The van der Waals surface area contributed by atoms with E-state index >= 15 is 0 Å². The molecule has 128 valence electrons. The molecule has 0 N–H and O–H groups in total. The third-order valence-electron chi connectivity index (χ3n) is 3.33. The Balaban J connectivity index is 2.28. The van der Waals surface area contributed by atoms with Gasteiger partial charge in [-0.15, -0.1) is 11.3 Å². The van der Waals surface area contributed by atoms with Gasteiger partial charge in [-0.05, 0) is 35.2 Å². The summed E-state index contributed by atoms with van der Waals surface area (Å²) >= 11 is 1.29. The number of allylic oxidation sites excluding steroid dienone is 1. The van der Waals surface area contributed by atoms with Crippen molar-refractivity contribution >= 4 is 29.2 Å². The highest BCUT2D eigenvalue weighted by atomic mass is 32.1. The molecule has 0 amide bonds. The molecule has 0 aliphatic carbocycles. The summed E-state index contributed by atoms with van der Waals surface area (Å²) in [6.07, 6.45) is 1.50. The minimum absolute atomic E-state index is 0.0698. The quantitative estimate of drug-likeness (QED) is 0.337. The molecule has 1 heterocycles. The molecule has 2 aromatic rings. The van der Waals surface area contributed by atoms with Crippen molar-refractivity contribution in [2.75, 3.05) is 7.11 Å². The van der Waals surface area contributed by atoms with Gasteiger partial charge in [0.1, 0.15) is 10.9 Å². The normalized spacial score (nSPS) is 11.1. The lowest BCUT2D eigenvalue weighted by molar-refractivity contribution is -0.117. The van der Waals surface area contributed by atoms with Gasteiger partial charge in [0.15, 0.2) is 17.3 Å². The molecule has 0 saturated heterocycles. The number of Topliss-reactive ketones (excluding diaryl/α,β-unsaturated/α-hetero) is 1. The lowest BCUT2D eigenvalue weighted by Crippen LogP contribution is -2.09. The van der Waals surface area contributed by atoms with Gasteiger partial charge in [-0.1, -0.05) is 26.0 Å². The van der Waals surface area contributed by atoms with Gasteiger partial charge in [0.25, 0.3) is 0 Å². The Hall–Kier alpha value is -2.91. The minimum atomic E-state index is -0.468. The topological polar surface area (TPSA) is 76.4 Å². The van der Waals surface area contributed by atoms with Gasteiger partial charge in [-0.2, -0.15) is 5.26 Å². The monoisotopic (exact) mass is 355 g/mol. The highest BCUT2D eigenvalue weighted by Gasteiger charge is 2.16. The van der Waals surface area contributed by atoms with E-state index in [0.29, 0.717) is 16.2 Å². The van der Waals surface area contributed by atoms with Crippen LogP contribution in [0.5, 0.6) is 11.5 Å². The fourth-order valence-electron chi connectivity index (χ4n) is 2.04. The number of thiophene rings is 1. The number of esters is 1. The van der Waals surface area contributed by atoms with Gasteiger partial charge in [-0.3, -0.25) is 4.79 Å². The Morgan fingerprint density at radius 2 is 2.00 bits per heavy atom. The summed E-state index contributed by atoms with van der Waals surface area (Å²) in [5.41, 5.74) is 0.679. The van der Waals surface area contributed by atoms with E-state index in [2.05, 4.69) is 0 Å². The van der Waals surface area contributed by atoms with Gasteiger partial charge in [0.2, 0.25) is 0 Å². The third kappa shape index (κ3) is 4.55. The number of nitriles is 1. The molecule has 5 nitrogen and oxygen atoms in total. The predicted molar refractivity (Wildman–Crippen MR) is 95.7 cm³/mol. The average molecular weight is 355 g/mol. The molecule has 0 unspecified atom stereocenters. The Labute approximate surface area is 150 Å². The summed E-state index contributed by atoms with van der Waals surface area (Å²) in [6.45, 7) is 3.47. The van der Waals surface area contributed by atoms with Crippen LogP contribution in [0.3, 0.4) is 0 Å². The Kier molecular flexibility index (Phi) is 6.09. The first-order chi connectivity index (χ1) is 12.0. The van der Waals surface area contributed by atoms with Gasteiger partial charge in [0.05, 0.1) is 12.7 Å². The molecule has 0 bridgehead atoms. The molecule has 6 heteroatoms. The molecular weight excluding hydrogens is 338 g/mol. The van der Waals surface area contributed by atoms with E-state index in [1.165, 1.54) is 24.5 Å². The van der Waals surface area contributed by atoms with Gasteiger partial charge in [-0.25, -0.2) is 4.79 Å². The number of hydrogen-bond acceptors (Lipinski definition) is 6. The molecule has 0 aliphatic heterocycles. The minimum Gasteiger partial charge on any atom is -0.493 e. The zero-order chi connectivity index (χ0) is 18.4. The summed E-state index contributed by atoms with van der Waals surface area (Å²) in [5, 5.41) is 11.0. The number of carbonyl (C=O) groups is 2. The molecule has 1 aromatic carbocycles. The van der Waals surface area contributed by atoms with Crippen LogP contribution in [0.4, 0.5) is 0 Å². The number of benzene rings is 1. The van der Waals surface area contributed by atoms with E-state index in [-0.39, 0.29) is 23.0 Å². The number of ketones is 1. The number of nitrogens with zero attached hydrogens (tertiary/aromatic N) is 1. The van der Waals surface area contributed by atoms with E-state index in [1.807, 2.05) is 6.07 Å². The zero-order valence-electron chi connectivity index (χ0n) is 14.1. The number of methoxy groups -OCH3 is 1. The van der Waals surface area contributed by atoms with Crippen molar-refractivity contribution < 1.29 is 19.1 Å².